The topological polar surface area (TPSA) is 86.8 Å². The van der Waals surface area contributed by atoms with Crippen molar-refractivity contribution in [2.75, 3.05) is 10.8 Å². The quantitative estimate of drug-likeness (QED) is 0.359. The summed E-state index contributed by atoms with van der Waals surface area (Å²) in [5.41, 5.74) is 3.99. The molecule has 0 spiro atoms. The van der Waals surface area contributed by atoms with Crippen molar-refractivity contribution in [2.45, 2.75) is 71.5 Å². The Morgan fingerprint density at radius 3 is 2.21 bits per heavy atom. The van der Waals surface area contributed by atoms with Crippen LogP contribution < -0.4 is 9.62 Å². The Bertz CT molecular complexity index is 1410. The molecule has 2 amide bonds. The fourth-order valence-electron chi connectivity index (χ4n) is 4.29. The molecule has 0 aliphatic heterocycles. The van der Waals surface area contributed by atoms with Gasteiger partial charge in [-0.25, -0.2) is 8.42 Å². The number of carbonyl (C=O) groups excluding carboxylic acids is 2. The van der Waals surface area contributed by atoms with E-state index in [-0.39, 0.29) is 23.4 Å². The van der Waals surface area contributed by atoms with Gasteiger partial charge in [0, 0.05) is 12.6 Å². The predicted octanol–water partition coefficient (Wildman–Crippen LogP) is 5.14. The van der Waals surface area contributed by atoms with Crippen LogP contribution in [0.1, 0.15) is 49.4 Å². The van der Waals surface area contributed by atoms with Crippen molar-refractivity contribution in [3.05, 3.63) is 95.1 Å². The van der Waals surface area contributed by atoms with Gasteiger partial charge in [0.2, 0.25) is 11.8 Å². The van der Waals surface area contributed by atoms with Gasteiger partial charge in [-0.05, 0) is 75.9 Å². The van der Waals surface area contributed by atoms with E-state index >= 15 is 0 Å². The molecule has 3 aromatic rings. The highest BCUT2D eigenvalue weighted by atomic mass is 32.2. The second-order valence-corrected chi connectivity index (χ2v) is 11.9. The molecule has 208 valence electrons. The minimum Gasteiger partial charge on any atom is -0.352 e. The van der Waals surface area contributed by atoms with Crippen LogP contribution in [-0.4, -0.2) is 43.8 Å². The van der Waals surface area contributed by atoms with Gasteiger partial charge in [0.1, 0.15) is 12.6 Å². The summed E-state index contributed by atoms with van der Waals surface area (Å²) in [4.78, 5) is 28.7. The number of rotatable bonds is 11. The van der Waals surface area contributed by atoms with Crippen LogP contribution in [0.15, 0.2) is 77.7 Å². The summed E-state index contributed by atoms with van der Waals surface area (Å²) >= 11 is 0. The molecule has 0 bridgehead atoms. The molecule has 0 aliphatic carbocycles. The number of sulfonamides is 1. The van der Waals surface area contributed by atoms with Gasteiger partial charge in [-0.15, -0.1) is 0 Å². The van der Waals surface area contributed by atoms with Crippen LogP contribution in [-0.2, 0) is 26.2 Å². The van der Waals surface area contributed by atoms with Crippen molar-refractivity contribution in [3.63, 3.8) is 0 Å². The van der Waals surface area contributed by atoms with Crippen LogP contribution in [0.2, 0.25) is 0 Å². The lowest BCUT2D eigenvalue weighted by molar-refractivity contribution is -0.139. The third kappa shape index (κ3) is 7.26. The van der Waals surface area contributed by atoms with Crippen LogP contribution >= 0.6 is 0 Å². The minimum atomic E-state index is -4.09. The molecular weight excluding hydrogens is 510 g/mol. The van der Waals surface area contributed by atoms with E-state index in [0.29, 0.717) is 5.69 Å². The lowest BCUT2D eigenvalue weighted by Crippen LogP contribution is -2.52. The van der Waals surface area contributed by atoms with E-state index in [9.17, 15) is 18.0 Å². The average molecular weight is 550 g/mol. The van der Waals surface area contributed by atoms with Crippen LogP contribution in [0.4, 0.5) is 5.69 Å². The van der Waals surface area contributed by atoms with Crippen molar-refractivity contribution in [1.82, 2.24) is 10.2 Å². The summed E-state index contributed by atoms with van der Waals surface area (Å²) in [5, 5.41) is 2.95. The zero-order valence-corrected chi connectivity index (χ0v) is 24.5. The Hall–Kier alpha value is -3.65. The number of hydrogen-bond acceptors (Lipinski definition) is 4. The number of carbonyl (C=O) groups is 2. The summed E-state index contributed by atoms with van der Waals surface area (Å²) in [5.74, 6) is -0.752. The first-order valence-corrected chi connectivity index (χ1v) is 14.7. The van der Waals surface area contributed by atoms with Gasteiger partial charge in [0.15, 0.2) is 0 Å². The maximum absolute atomic E-state index is 14.0. The van der Waals surface area contributed by atoms with Crippen molar-refractivity contribution >= 4 is 27.5 Å². The molecule has 0 aliphatic rings. The van der Waals surface area contributed by atoms with Crippen LogP contribution in [0.3, 0.4) is 0 Å². The number of aryl methyl sites for hydroxylation is 2. The van der Waals surface area contributed by atoms with Gasteiger partial charge in [0.25, 0.3) is 10.0 Å². The molecule has 7 nitrogen and oxygen atoms in total. The van der Waals surface area contributed by atoms with Gasteiger partial charge in [-0.1, -0.05) is 67.1 Å². The summed E-state index contributed by atoms with van der Waals surface area (Å²) in [6.45, 7) is 11.0. The molecule has 8 heteroatoms. The van der Waals surface area contributed by atoms with Gasteiger partial charge in [0.05, 0.1) is 10.6 Å². The summed E-state index contributed by atoms with van der Waals surface area (Å²) in [7, 11) is -4.09. The van der Waals surface area contributed by atoms with E-state index in [1.165, 1.54) is 17.0 Å². The average Bonchev–Trinajstić information content (AvgIpc) is 2.92. The van der Waals surface area contributed by atoms with Crippen molar-refractivity contribution in [2.24, 2.45) is 0 Å². The maximum Gasteiger partial charge on any atom is 0.264 e. The molecule has 2 atom stereocenters. The zero-order chi connectivity index (χ0) is 28.7. The SMILES string of the molecule is CC[C@@H](C)NC(=O)[C@@H](C)N(Cc1cccc(C)c1)C(=O)CN(c1cccc(C)c1C)S(=O)(=O)c1ccccc1. The highest BCUT2D eigenvalue weighted by Gasteiger charge is 2.33. The predicted molar refractivity (Wildman–Crippen MR) is 156 cm³/mol. The largest absolute Gasteiger partial charge is 0.352 e. The van der Waals surface area contributed by atoms with E-state index in [1.807, 2.05) is 65.0 Å². The molecule has 0 heterocycles. The second-order valence-electron chi connectivity index (χ2n) is 10.0. The molecule has 39 heavy (non-hydrogen) atoms. The smallest absolute Gasteiger partial charge is 0.264 e. The first kappa shape index (κ1) is 29.9. The fraction of sp³-hybridized carbons (Fsp3) is 0.355. The van der Waals surface area contributed by atoms with Crippen LogP contribution in [0.25, 0.3) is 0 Å². The number of anilines is 1. The van der Waals surface area contributed by atoms with Crippen molar-refractivity contribution < 1.29 is 18.0 Å². The molecule has 3 aromatic carbocycles. The molecule has 0 radical (unpaired) electrons. The van der Waals surface area contributed by atoms with E-state index in [1.54, 1.807) is 37.3 Å². The zero-order valence-electron chi connectivity index (χ0n) is 23.6. The highest BCUT2D eigenvalue weighted by molar-refractivity contribution is 7.92. The summed E-state index contributed by atoms with van der Waals surface area (Å²) < 4.78 is 29.0. The van der Waals surface area contributed by atoms with E-state index in [2.05, 4.69) is 5.32 Å². The second kappa shape index (κ2) is 12.9. The lowest BCUT2D eigenvalue weighted by atomic mass is 10.1. The lowest BCUT2D eigenvalue weighted by Gasteiger charge is -2.33. The Morgan fingerprint density at radius 2 is 1.56 bits per heavy atom. The van der Waals surface area contributed by atoms with Crippen molar-refractivity contribution in [1.29, 1.82) is 0 Å². The molecule has 1 N–H and O–H groups in total. The Labute approximate surface area is 232 Å². The normalized spacial score (nSPS) is 12.9. The standard InChI is InChI=1S/C31H39N3O4S/c1-7-24(4)32-31(36)26(6)33(20-27-15-11-13-22(2)19-27)30(35)21-34(29-18-12-14-23(3)25(29)5)39(37,38)28-16-9-8-10-17-28/h8-19,24,26H,7,20-21H2,1-6H3,(H,32,36)/t24-,26-/m1/s1. The van der Waals surface area contributed by atoms with E-state index < -0.39 is 28.5 Å². The minimum absolute atomic E-state index is 0.0548. The molecule has 0 saturated carbocycles. The first-order valence-electron chi connectivity index (χ1n) is 13.2. The molecule has 0 aromatic heterocycles. The fourth-order valence-corrected chi connectivity index (χ4v) is 5.79. The van der Waals surface area contributed by atoms with Crippen LogP contribution in [0, 0.1) is 20.8 Å². The van der Waals surface area contributed by atoms with Crippen molar-refractivity contribution in [3.8, 4) is 0 Å². The Balaban J connectivity index is 2.06. The van der Waals surface area contributed by atoms with Gasteiger partial charge < -0.3 is 10.2 Å². The summed E-state index contributed by atoms with van der Waals surface area (Å²) in [6.07, 6.45) is 0.750. The highest BCUT2D eigenvalue weighted by Crippen LogP contribution is 2.29. The number of amides is 2. The molecule has 3 rings (SSSR count). The first-order chi connectivity index (χ1) is 18.4. The molecular formula is C31H39N3O4S. The molecule has 0 unspecified atom stereocenters. The maximum atomic E-state index is 14.0. The molecule has 0 fully saturated rings. The number of hydrogen-bond donors (Lipinski definition) is 1. The summed E-state index contributed by atoms with van der Waals surface area (Å²) in [6, 6.07) is 20.3. The number of benzene rings is 3. The number of nitrogens with zero attached hydrogens (tertiary/aromatic N) is 2. The Morgan fingerprint density at radius 1 is 0.897 bits per heavy atom. The third-order valence-electron chi connectivity index (χ3n) is 7.06. The van der Waals surface area contributed by atoms with Gasteiger partial charge in [-0.2, -0.15) is 0 Å². The molecule has 0 saturated heterocycles. The van der Waals surface area contributed by atoms with E-state index in [0.717, 1.165) is 33.0 Å². The van der Waals surface area contributed by atoms with Crippen LogP contribution in [0.5, 0.6) is 0 Å². The monoisotopic (exact) mass is 549 g/mol. The number of nitrogens with one attached hydrogen (secondary N) is 1. The third-order valence-corrected chi connectivity index (χ3v) is 8.83. The van der Waals surface area contributed by atoms with Gasteiger partial charge >= 0.3 is 0 Å². The Kier molecular flexibility index (Phi) is 9.92. The van der Waals surface area contributed by atoms with Gasteiger partial charge in [-0.3, -0.25) is 13.9 Å². The van der Waals surface area contributed by atoms with E-state index in [4.69, 9.17) is 0 Å².